The molecule has 2 aromatic carbocycles. The second kappa shape index (κ2) is 6.26. The van der Waals surface area contributed by atoms with Crippen LogP contribution in [0.3, 0.4) is 0 Å². The van der Waals surface area contributed by atoms with Gasteiger partial charge in [-0.15, -0.1) is 0 Å². The van der Waals surface area contributed by atoms with E-state index < -0.39 is 11.6 Å². The normalized spacial score (nSPS) is 10.3. The smallest absolute Gasteiger partial charge is 0.199 e. The molecule has 0 aliphatic carbocycles. The van der Waals surface area contributed by atoms with E-state index in [-0.39, 0.29) is 11.1 Å². The number of halogens is 2. The molecule has 0 atom stereocenters. The number of ketones is 1. The number of rotatable bonds is 4. The molecular formula is C16H14BrFO3. The molecule has 0 heterocycles. The lowest BCUT2D eigenvalue weighted by Crippen LogP contribution is -2.07. The molecule has 2 aromatic rings. The molecule has 0 saturated heterocycles. The van der Waals surface area contributed by atoms with Crippen LogP contribution < -0.4 is 9.47 Å². The van der Waals surface area contributed by atoms with Crippen LogP contribution in [0.2, 0.25) is 0 Å². The Labute approximate surface area is 130 Å². The summed E-state index contributed by atoms with van der Waals surface area (Å²) in [6.45, 7) is 1.80. The Morgan fingerprint density at radius 1 is 1.10 bits per heavy atom. The van der Waals surface area contributed by atoms with Gasteiger partial charge in [-0.3, -0.25) is 4.79 Å². The summed E-state index contributed by atoms with van der Waals surface area (Å²) >= 11 is 3.33. The summed E-state index contributed by atoms with van der Waals surface area (Å²) in [5.74, 6) is -0.135. The van der Waals surface area contributed by atoms with Crippen LogP contribution in [-0.4, -0.2) is 20.0 Å². The highest BCUT2D eigenvalue weighted by atomic mass is 79.9. The third kappa shape index (κ3) is 2.93. The summed E-state index contributed by atoms with van der Waals surface area (Å²) in [7, 11) is 2.96. The molecule has 21 heavy (non-hydrogen) atoms. The van der Waals surface area contributed by atoms with E-state index in [2.05, 4.69) is 15.9 Å². The van der Waals surface area contributed by atoms with E-state index in [4.69, 9.17) is 9.47 Å². The van der Waals surface area contributed by atoms with Crippen LogP contribution in [0, 0.1) is 12.7 Å². The molecule has 2 rings (SSSR count). The van der Waals surface area contributed by atoms with Crippen molar-refractivity contribution in [3.8, 4) is 11.5 Å². The van der Waals surface area contributed by atoms with E-state index in [1.54, 1.807) is 25.1 Å². The highest BCUT2D eigenvalue weighted by molar-refractivity contribution is 9.10. The van der Waals surface area contributed by atoms with Crippen molar-refractivity contribution in [3.63, 3.8) is 0 Å². The van der Waals surface area contributed by atoms with Crippen LogP contribution in [0.5, 0.6) is 11.5 Å². The van der Waals surface area contributed by atoms with Gasteiger partial charge >= 0.3 is 0 Å². The average molecular weight is 353 g/mol. The summed E-state index contributed by atoms with van der Waals surface area (Å²) in [4.78, 5) is 12.6. The van der Waals surface area contributed by atoms with Gasteiger partial charge in [-0.25, -0.2) is 4.39 Å². The number of carbonyl (C=O) groups is 1. The molecule has 0 amide bonds. The molecule has 0 saturated carbocycles. The zero-order valence-corrected chi connectivity index (χ0v) is 13.5. The molecule has 0 aliphatic rings. The van der Waals surface area contributed by atoms with Crippen molar-refractivity contribution in [2.24, 2.45) is 0 Å². The number of ether oxygens (including phenoxy) is 2. The fourth-order valence-electron chi connectivity index (χ4n) is 2.03. The summed E-state index contributed by atoms with van der Waals surface area (Å²) in [5.41, 5.74) is 1.10. The molecule has 3 nitrogen and oxygen atoms in total. The molecular weight excluding hydrogens is 339 g/mol. The lowest BCUT2D eigenvalue weighted by atomic mass is 10.00. The van der Waals surface area contributed by atoms with E-state index in [1.165, 1.54) is 26.4 Å². The van der Waals surface area contributed by atoms with E-state index in [1.807, 2.05) is 0 Å². The van der Waals surface area contributed by atoms with Gasteiger partial charge in [0.1, 0.15) is 21.8 Å². The van der Waals surface area contributed by atoms with Crippen LogP contribution in [0.4, 0.5) is 4.39 Å². The van der Waals surface area contributed by atoms with Crippen molar-refractivity contribution < 1.29 is 18.7 Å². The van der Waals surface area contributed by atoms with Gasteiger partial charge in [0.2, 0.25) is 0 Å². The van der Waals surface area contributed by atoms with Crippen LogP contribution in [-0.2, 0) is 0 Å². The first kappa shape index (κ1) is 15.5. The molecule has 0 bridgehead atoms. The Balaban J connectivity index is 2.58. The van der Waals surface area contributed by atoms with E-state index in [0.717, 1.165) is 5.56 Å². The third-order valence-electron chi connectivity index (χ3n) is 3.10. The average Bonchev–Trinajstić information content (AvgIpc) is 2.48. The van der Waals surface area contributed by atoms with E-state index in [0.29, 0.717) is 16.0 Å². The molecule has 0 aliphatic heterocycles. The lowest BCUT2D eigenvalue weighted by molar-refractivity contribution is 0.103. The van der Waals surface area contributed by atoms with Gasteiger partial charge in [0.15, 0.2) is 5.78 Å². The second-order valence-electron chi connectivity index (χ2n) is 4.48. The first-order valence-electron chi connectivity index (χ1n) is 6.21. The minimum absolute atomic E-state index is 0.0189. The Hall–Kier alpha value is -1.88. The lowest BCUT2D eigenvalue weighted by Gasteiger charge is -2.13. The Morgan fingerprint density at radius 2 is 1.81 bits per heavy atom. The molecule has 5 heteroatoms. The van der Waals surface area contributed by atoms with Gasteiger partial charge < -0.3 is 9.47 Å². The molecule has 0 aromatic heterocycles. The number of hydrogen-bond donors (Lipinski definition) is 0. The predicted molar refractivity (Wildman–Crippen MR) is 81.8 cm³/mol. The largest absolute Gasteiger partial charge is 0.495 e. The highest BCUT2D eigenvalue weighted by Crippen LogP contribution is 2.38. The number of benzene rings is 2. The van der Waals surface area contributed by atoms with Crippen molar-refractivity contribution in [2.45, 2.75) is 6.92 Å². The zero-order chi connectivity index (χ0) is 15.6. The van der Waals surface area contributed by atoms with Gasteiger partial charge in [0.05, 0.1) is 25.3 Å². The fraction of sp³-hybridized carbons (Fsp3) is 0.188. The Bertz CT molecular complexity index is 698. The third-order valence-corrected chi connectivity index (χ3v) is 3.85. The zero-order valence-electron chi connectivity index (χ0n) is 11.9. The van der Waals surface area contributed by atoms with Crippen LogP contribution in [0.1, 0.15) is 21.5 Å². The van der Waals surface area contributed by atoms with Crippen LogP contribution in [0.15, 0.2) is 34.8 Å². The van der Waals surface area contributed by atoms with Crippen molar-refractivity contribution in [3.05, 3.63) is 57.3 Å². The quantitative estimate of drug-likeness (QED) is 0.775. The minimum Gasteiger partial charge on any atom is -0.495 e. The monoisotopic (exact) mass is 352 g/mol. The fourth-order valence-corrected chi connectivity index (χ4v) is 2.70. The molecule has 0 fully saturated rings. The summed E-state index contributed by atoms with van der Waals surface area (Å²) < 4.78 is 24.8. The summed E-state index contributed by atoms with van der Waals surface area (Å²) in [5, 5.41) is 0. The molecule has 0 spiro atoms. The van der Waals surface area contributed by atoms with Gasteiger partial charge in [-0.05, 0) is 47.1 Å². The Morgan fingerprint density at radius 3 is 2.43 bits per heavy atom. The summed E-state index contributed by atoms with van der Waals surface area (Å²) in [6, 6.07) is 7.62. The predicted octanol–water partition coefficient (Wildman–Crippen LogP) is 4.14. The van der Waals surface area contributed by atoms with Gasteiger partial charge in [0.25, 0.3) is 0 Å². The number of aryl methyl sites for hydroxylation is 1. The minimum atomic E-state index is -0.556. The standard InChI is InChI=1S/C16H14BrFO3/c1-9-4-6-12(18)11(8-9)15(19)10-5-7-13(20-2)14(17)16(10)21-3/h4-8H,1-3H3. The number of methoxy groups -OCH3 is 2. The first-order valence-corrected chi connectivity index (χ1v) is 7.00. The maximum atomic E-state index is 13.9. The van der Waals surface area contributed by atoms with E-state index >= 15 is 0 Å². The maximum absolute atomic E-state index is 13.9. The first-order chi connectivity index (χ1) is 9.99. The molecule has 0 radical (unpaired) electrons. The van der Waals surface area contributed by atoms with Crippen LogP contribution in [0.25, 0.3) is 0 Å². The Kier molecular flexibility index (Phi) is 4.63. The maximum Gasteiger partial charge on any atom is 0.199 e. The topological polar surface area (TPSA) is 35.5 Å². The van der Waals surface area contributed by atoms with Crippen molar-refractivity contribution in [1.82, 2.24) is 0 Å². The van der Waals surface area contributed by atoms with Gasteiger partial charge in [-0.2, -0.15) is 0 Å². The number of carbonyl (C=O) groups excluding carboxylic acids is 1. The molecule has 0 unspecified atom stereocenters. The van der Waals surface area contributed by atoms with Gasteiger partial charge in [-0.1, -0.05) is 11.6 Å². The highest BCUT2D eigenvalue weighted by Gasteiger charge is 2.21. The SMILES string of the molecule is COc1ccc(C(=O)c2cc(C)ccc2F)c(OC)c1Br. The second-order valence-corrected chi connectivity index (χ2v) is 5.27. The van der Waals surface area contributed by atoms with Crippen LogP contribution >= 0.6 is 15.9 Å². The summed E-state index contributed by atoms with van der Waals surface area (Å²) in [6.07, 6.45) is 0. The van der Waals surface area contributed by atoms with Crippen molar-refractivity contribution >= 4 is 21.7 Å². The molecule has 110 valence electrons. The van der Waals surface area contributed by atoms with Crippen molar-refractivity contribution in [2.75, 3.05) is 14.2 Å². The molecule has 0 N–H and O–H groups in total. The van der Waals surface area contributed by atoms with Gasteiger partial charge in [0, 0.05) is 0 Å². The van der Waals surface area contributed by atoms with Crippen molar-refractivity contribution in [1.29, 1.82) is 0 Å². The van der Waals surface area contributed by atoms with E-state index in [9.17, 15) is 9.18 Å². The number of hydrogen-bond acceptors (Lipinski definition) is 3.